The van der Waals surface area contributed by atoms with Crippen LogP contribution in [0, 0.1) is 18.8 Å². The van der Waals surface area contributed by atoms with E-state index in [-0.39, 0.29) is 28.2 Å². The Labute approximate surface area is 147 Å². The maximum atomic E-state index is 12.2. The summed E-state index contributed by atoms with van der Waals surface area (Å²) in [6.07, 6.45) is 0.888. The topological polar surface area (TPSA) is 72.5 Å². The predicted molar refractivity (Wildman–Crippen MR) is 96.4 cm³/mol. The molecule has 0 saturated heterocycles. The van der Waals surface area contributed by atoms with Crippen LogP contribution in [0.4, 0.5) is 0 Å². The predicted octanol–water partition coefficient (Wildman–Crippen LogP) is 2.78. The fourth-order valence-corrected chi connectivity index (χ4v) is 4.28. The first-order valence-corrected chi connectivity index (χ1v) is 10.7. The van der Waals surface area contributed by atoms with Crippen molar-refractivity contribution in [2.75, 3.05) is 6.61 Å². The van der Waals surface area contributed by atoms with E-state index in [1.54, 1.807) is 24.3 Å². The van der Waals surface area contributed by atoms with E-state index in [0.29, 0.717) is 5.92 Å². The van der Waals surface area contributed by atoms with Gasteiger partial charge in [0.05, 0.1) is 27.2 Å². The first kappa shape index (κ1) is 19.6. The first-order valence-electron chi connectivity index (χ1n) is 8.15. The van der Waals surface area contributed by atoms with E-state index in [2.05, 4.69) is 4.72 Å². The van der Waals surface area contributed by atoms with Crippen LogP contribution in [0.25, 0.3) is 0 Å². The molecule has 0 aliphatic heterocycles. The Hall–Kier alpha value is -0.760. The number of rotatable bonds is 7. The highest BCUT2D eigenvalue weighted by molar-refractivity contribution is 7.86. The molecule has 1 N–H and O–H groups in total. The SMILES string of the molecule is Cc1ccc(S(=O)(=O)OC[C@@H]2C[C@H]2[C@H](C)N[S@](=O)C(C)(C)C)cc1. The second kappa shape index (κ2) is 7.23. The Balaban J connectivity index is 1.84. The highest BCUT2D eigenvalue weighted by Crippen LogP contribution is 2.42. The summed E-state index contributed by atoms with van der Waals surface area (Å²) in [6, 6.07) is 6.70. The van der Waals surface area contributed by atoms with Crippen molar-refractivity contribution >= 4 is 21.1 Å². The van der Waals surface area contributed by atoms with Gasteiger partial charge in [-0.1, -0.05) is 17.7 Å². The Morgan fingerprint density at radius 1 is 1.29 bits per heavy atom. The summed E-state index contributed by atoms with van der Waals surface area (Å²) in [5.74, 6) is 0.481. The van der Waals surface area contributed by atoms with Crippen molar-refractivity contribution in [2.45, 2.75) is 56.7 Å². The number of aryl methyl sites for hydroxylation is 1. The second-order valence-corrected chi connectivity index (χ2v) is 11.1. The molecule has 5 nitrogen and oxygen atoms in total. The van der Waals surface area contributed by atoms with Crippen LogP contribution in [0.5, 0.6) is 0 Å². The highest BCUT2D eigenvalue weighted by Gasteiger charge is 2.43. The van der Waals surface area contributed by atoms with Crippen molar-refractivity contribution in [2.24, 2.45) is 11.8 Å². The molecule has 0 bridgehead atoms. The van der Waals surface area contributed by atoms with Gasteiger partial charge < -0.3 is 0 Å². The van der Waals surface area contributed by atoms with Gasteiger partial charge in [-0.2, -0.15) is 8.42 Å². The van der Waals surface area contributed by atoms with Crippen molar-refractivity contribution < 1.29 is 16.8 Å². The van der Waals surface area contributed by atoms with E-state index in [9.17, 15) is 12.6 Å². The van der Waals surface area contributed by atoms with Crippen LogP contribution in [-0.4, -0.2) is 30.0 Å². The molecule has 136 valence electrons. The van der Waals surface area contributed by atoms with Crippen LogP contribution >= 0.6 is 0 Å². The minimum Gasteiger partial charge on any atom is -0.266 e. The van der Waals surface area contributed by atoms with Gasteiger partial charge in [0, 0.05) is 6.04 Å². The van der Waals surface area contributed by atoms with Gasteiger partial charge in [-0.25, -0.2) is 8.93 Å². The van der Waals surface area contributed by atoms with E-state index < -0.39 is 21.1 Å². The van der Waals surface area contributed by atoms with Crippen LogP contribution in [0.3, 0.4) is 0 Å². The minimum absolute atomic E-state index is 0.0701. The molecule has 1 fully saturated rings. The molecule has 0 spiro atoms. The van der Waals surface area contributed by atoms with E-state index in [0.717, 1.165) is 12.0 Å². The standard InChI is InChI=1S/C17H27NO4S2/c1-12-6-8-15(9-7-12)24(20,21)22-11-14-10-16(14)13(2)18-23(19)17(3,4)5/h6-9,13-14,16,18H,10-11H2,1-5H3/t13-,14-,16-,23+/m0/s1. The molecule has 0 aromatic heterocycles. The van der Waals surface area contributed by atoms with Gasteiger partial charge in [0.15, 0.2) is 0 Å². The third-order valence-electron chi connectivity index (χ3n) is 4.22. The van der Waals surface area contributed by atoms with Crippen molar-refractivity contribution in [1.82, 2.24) is 4.72 Å². The smallest absolute Gasteiger partial charge is 0.266 e. The summed E-state index contributed by atoms with van der Waals surface area (Å²) in [5, 5.41) is 0. The summed E-state index contributed by atoms with van der Waals surface area (Å²) in [4.78, 5) is 0.185. The van der Waals surface area contributed by atoms with Crippen LogP contribution in [0.15, 0.2) is 29.2 Å². The summed E-state index contributed by atoms with van der Waals surface area (Å²) in [5.41, 5.74) is 1.00. The molecule has 2 rings (SSSR count). The van der Waals surface area contributed by atoms with E-state index in [1.165, 1.54) is 0 Å². The van der Waals surface area contributed by atoms with Gasteiger partial charge in [-0.3, -0.25) is 4.18 Å². The summed E-state index contributed by atoms with van der Waals surface area (Å²) >= 11 is 0. The highest BCUT2D eigenvalue weighted by atomic mass is 32.2. The summed E-state index contributed by atoms with van der Waals surface area (Å²) in [6.45, 7) is 9.83. The average molecular weight is 374 g/mol. The van der Waals surface area contributed by atoms with Crippen LogP contribution in [0.1, 0.15) is 39.7 Å². The van der Waals surface area contributed by atoms with Crippen molar-refractivity contribution in [3.05, 3.63) is 29.8 Å². The minimum atomic E-state index is -3.71. The third-order valence-corrected chi connectivity index (χ3v) is 7.21. The molecule has 1 aromatic rings. The lowest BCUT2D eigenvalue weighted by atomic mass is 10.2. The lowest BCUT2D eigenvalue weighted by Gasteiger charge is -2.22. The van der Waals surface area contributed by atoms with Crippen molar-refractivity contribution in [1.29, 1.82) is 0 Å². The molecule has 0 unspecified atom stereocenters. The van der Waals surface area contributed by atoms with E-state index in [1.807, 2.05) is 34.6 Å². The number of benzene rings is 1. The molecule has 1 saturated carbocycles. The molecule has 1 aliphatic rings. The van der Waals surface area contributed by atoms with Gasteiger partial charge in [0.2, 0.25) is 0 Å². The molecule has 7 heteroatoms. The van der Waals surface area contributed by atoms with Gasteiger partial charge >= 0.3 is 0 Å². The van der Waals surface area contributed by atoms with Gasteiger partial charge in [0.25, 0.3) is 10.1 Å². The molecule has 0 heterocycles. The monoisotopic (exact) mass is 373 g/mol. The molecular formula is C17H27NO4S2. The Morgan fingerprint density at radius 3 is 2.42 bits per heavy atom. The molecular weight excluding hydrogens is 346 g/mol. The summed E-state index contributed by atoms with van der Waals surface area (Å²) in [7, 11) is -4.83. The summed E-state index contributed by atoms with van der Waals surface area (Å²) < 4.78 is 44.5. The lowest BCUT2D eigenvalue weighted by molar-refractivity contribution is 0.290. The van der Waals surface area contributed by atoms with Crippen LogP contribution in [-0.2, 0) is 25.3 Å². The Morgan fingerprint density at radius 2 is 1.88 bits per heavy atom. The van der Waals surface area contributed by atoms with Gasteiger partial charge in [-0.05, 0) is 65.0 Å². The zero-order valence-electron chi connectivity index (χ0n) is 14.9. The fourth-order valence-electron chi connectivity index (χ4n) is 2.46. The average Bonchev–Trinajstić information content (AvgIpc) is 3.24. The molecule has 0 amide bonds. The zero-order valence-corrected chi connectivity index (χ0v) is 16.5. The number of hydrogen-bond donors (Lipinski definition) is 1. The molecule has 1 aliphatic carbocycles. The fraction of sp³-hybridized carbons (Fsp3) is 0.647. The van der Waals surface area contributed by atoms with Gasteiger partial charge in [-0.15, -0.1) is 0 Å². The zero-order chi connectivity index (χ0) is 18.1. The van der Waals surface area contributed by atoms with E-state index >= 15 is 0 Å². The van der Waals surface area contributed by atoms with E-state index in [4.69, 9.17) is 4.18 Å². The first-order chi connectivity index (χ1) is 11.0. The largest absolute Gasteiger partial charge is 0.296 e. The normalized spacial score (nSPS) is 23.7. The number of nitrogens with one attached hydrogen (secondary N) is 1. The van der Waals surface area contributed by atoms with Crippen LogP contribution < -0.4 is 4.72 Å². The maximum absolute atomic E-state index is 12.2. The van der Waals surface area contributed by atoms with Crippen LogP contribution in [0.2, 0.25) is 0 Å². The Kier molecular flexibility index (Phi) is 5.90. The molecule has 1 aromatic carbocycles. The second-order valence-electron chi connectivity index (χ2n) is 7.50. The Bertz CT molecular complexity index is 692. The van der Waals surface area contributed by atoms with Gasteiger partial charge in [0.1, 0.15) is 0 Å². The number of hydrogen-bond acceptors (Lipinski definition) is 4. The maximum Gasteiger partial charge on any atom is 0.296 e. The quantitative estimate of drug-likeness (QED) is 0.746. The van der Waals surface area contributed by atoms with Crippen molar-refractivity contribution in [3.63, 3.8) is 0 Å². The van der Waals surface area contributed by atoms with Crippen molar-refractivity contribution in [3.8, 4) is 0 Å². The lowest BCUT2D eigenvalue weighted by Crippen LogP contribution is -2.39. The third kappa shape index (κ3) is 5.12. The molecule has 24 heavy (non-hydrogen) atoms. The molecule has 0 radical (unpaired) electrons. The molecule has 4 atom stereocenters.